The number of rotatable bonds is 5. The number of urea groups is 1. The molecule has 0 saturated heterocycles. The topological polar surface area (TPSA) is 71.1 Å². The van der Waals surface area contributed by atoms with Crippen LogP contribution >= 0.6 is 22.9 Å². The molecular formula is C10H14ClN3O2S. The first-order valence-electron chi connectivity index (χ1n) is 5.23. The van der Waals surface area contributed by atoms with Gasteiger partial charge in [0.05, 0.1) is 6.04 Å². The van der Waals surface area contributed by atoms with Crippen LogP contribution in [-0.4, -0.2) is 22.8 Å². The van der Waals surface area contributed by atoms with Gasteiger partial charge in [-0.25, -0.2) is 9.78 Å². The quantitative estimate of drug-likeness (QED) is 0.808. The third-order valence-electron chi connectivity index (χ3n) is 2.04. The van der Waals surface area contributed by atoms with Crippen molar-refractivity contribution in [3.05, 3.63) is 16.6 Å². The molecule has 3 amide bonds. The van der Waals surface area contributed by atoms with Gasteiger partial charge in [0.1, 0.15) is 5.01 Å². The van der Waals surface area contributed by atoms with E-state index < -0.39 is 6.03 Å². The molecule has 1 rings (SSSR count). The molecule has 5 nitrogen and oxygen atoms in total. The predicted molar refractivity (Wildman–Crippen MR) is 67.2 cm³/mol. The van der Waals surface area contributed by atoms with Crippen LogP contribution in [0.1, 0.15) is 30.8 Å². The summed E-state index contributed by atoms with van der Waals surface area (Å²) in [6.45, 7) is 1.94. The van der Waals surface area contributed by atoms with Crippen molar-refractivity contribution in [2.75, 3.05) is 5.88 Å². The lowest BCUT2D eigenvalue weighted by Crippen LogP contribution is -2.41. The Morgan fingerprint density at radius 2 is 2.35 bits per heavy atom. The molecule has 1 aromatic heterocycles. The zero-order valence-electron chi connectivity index (χ0n) is 9.40. The van der Waals surface area contributed by atoms with E-state index in [2.05, 4.69) is 15.6 Å². The van der Waals surface area contributed by atoms with Gasteiger partial charge in [-0.15, -0.1) is 22.9 Å². The van der Waals surface area contributed by atoms with Crippen LogP contribution in [0.2, 0.25) is 0 Å². The van der Waals surface area contributed by atoms with Gasteiger partial charge in [-0.1, -0.05) is 6.92 Å². The molecule has 1 aromatic rings. The molecule has 0 saturated carbocycles. The van der Waals surface area contributed by atoms with E-state index in [-0.39, 0.29) is 24.2 Å². The number of imide groups is 1. The molecule has 0 aliphatic carbocycles. The summed E-state index contributed by atoms with van der Waals surface area (Å²) in [6, 6.07) is -0.680. The first-order chi connectivity index (χ1) is 8.17. The molecule has 17 heavy (non-hydrogen) atoms. The third kappa shape index (κ3) is 4.70. The van der Waals surface area contributed by atoms with Crippen LogP contribution in [0.15, 0.2) is 11.6 Å². The highest BCUT2D eigenvalue weighted by Gasteiger charge is 2.16. The highest BCUT2D eigenvalue weighted by Crippen LogP contribution is 2.18. The van der Waals surface area contributed by atoms with Crippen molar-refractivity contribution in [3.8, 4) is 0 Å². The molecule has 0 radical (unpaired) electrons. The molecule has 0 fully saturated rings. The lowest BCUT2D eigenvalue weighted by atomic mass is 10.2. The summed E-state index contributed by atoms with van der Waals surface area (Å²) < 4.78 is 0. The Balaban J connectivity index is 2.46. The summed E-state index contributed by atoms with van der Waals surface area (Å²) in [5.74, 6) is -0.186. The van der Waals surface area contributed by atoms with Crippen molar-refractivity contribution < 1.29 is 9.59 Å². The van der Waals surface area contributed by atoms with Crippen molar-refractivity contribution in [2.24, 2.45) is 0 Å². The Morgan fingerprint density at radius 1 is 1.59 bits per heavy atom. The Kier molecular flexibility index (Phi) is 5.93. The maximum absolute atomic E-state index is 11.5. The maximum Gasteiger partial charge on any atom is 0.321 e. The molecule has 1 atom stereocenters. The van der Waals surface area contributed by atoms with Crippen LogP contribution in [0.4, 0.5) is 4.79 Å². The summed E-state index contributed by atoms with van der Waals surface area (Å²) >= 11 is 6.86. The van der Waals surface area contributed by atoms with Crippen molar-refractivity contribution in [1.82, 2.24) is 15.6 Å². The summed E-state index contributed by atoms with van der Waals surface area (Å²) in [4.78, 5) is 26.7. The highest BCUT2D eigenvalue weighted by atomic mass is 35.5. The third-order valence-corrected chi connectivity index (χ3v) is 3.12. The average Bonchev–Trinajstić information content (AvgIpc) is 2.79. The van der Waals surface area contributed by atoms with E-state index >= 15 is 0 Å². The first-order valence-corrected chi connectivity index (χ1v) is 6.64. The molecule has 1 heterocycles. The van der Waals surface area contributed by atoms with Crippen molar-refractivity contribution in [2.45, 2.75) is 25.8 Å². The van der Waals surface area contributed by atoms with E-state index in [4.69, 9.17) is 11.6 Å². The minimum atomic E-state index is -0.512. The van der Waals surface area contributed by atoms with E-state index in [1.54, 1.807) is 6.20 Å². The van der Waals surface area contributed by atoms with Crippen LogP contribution in [0.5, 0.6) is 0 Å². The second kappa shape index (κ2) is 7.24. The van der Waals surface area contributed by atoms with Gasteiger partial charge in [-0.2, -0.15) is 0 Å². The van der Waals surface area contributed by atoms with Gasteiger partial charge in [-0.3, -0.25) is 10.1 Å². The number of hydrogen-bond donors (Lipinski definition) is 2. The second-order valence-electron chi connectivity index (χ2n) is 3.29. The number of nitrogens with zero attached hydrogens (tertiary/aromatic N) is 1. The SMILES string of the molecule is CCC(NC(=O)NC(=O)CCCl)c1nccs1. The molecule has 0 spiro atoms. The lowest BCUT2D eigenvalue weighted by Gasteiger charge is -2.14. The van der Waals surface area contributed by atoms with Gasteiger partial charge in [0.2, 0.25) is 5.91 Å². The summed E-state index contributed by atoms with van der Waals surface area (Å²) in [5.41, 5.74) is 0. The number of thiazole rings is 1. The fraction of sp³-hybridized carbons (Fsp3) is 0.500. The summed E-state index contributed by atoms with van der Waals surface area (Å²) in [6.07, 6.45) is 2.52. The molecule has 0 aliphatic heterocycles. The standard InChI is InChI=1S/C10H14ClN3O2S/c1-2-7(9-12-5-6-17-9)13-10(16)14-8(15)3-4-11/h5-7H,2-4H2,1H3,(H2,13,14,15,16). The molecule has 2 N–H and O–H groups in total. The van der Waals surface area contributed by atoms with Gasteiger partial charge in [0, 0.05) is 23.9 Å². The van der Waals surface area contributed by atoms with E-state index in [0.29, 0.717) is 6.42 Å². The number of carbonyl (C=O) groups excluding carboxylic acids is 2. The number of alkyl halides is 1. The number of carbonyl (C=O) groups is 2. The van der Waals surface area contributed by atoms with Gasteiger partial charge in [-0.05, 0) is 6.42 Å². The second-order valence-corrected chi connectivity index (χ2v) is 4.60. The normalized spacial score (nSPS) is 11.9. The zero-order chi connectivity index (χ0) is 12.7. The van der Waals surface area contributed by atoms with E-state index in [0.717, 1.165) is 5.01 Å². The van der Waals surface area contributed by atoms with Crippen molar-refractivity contribution in [1.29, 1.82) is 0 Å². The lowest BCUT2D eigenvalue weighted by molar-refractivity contribution is -0.119. The Bertz CT molecular complexity index is 370. The fourth-order valence-electron chi connectivity index (χ4n) is 1.21. The Morgan fingerprint density at radius 3 is 2.88 bits per heavy atom. The van der Waals surface area contributed by atoms with E-state index in [1.165, 1.54) is 11.3 Å². The van der Waals surface area contributed by atoms with Crippen LogP contribution in [0.3, 0.4) is 0 Å². The molecular weight excluding hydrogens is 262 g/mol. The first kappa shape index (κ1) is 13.9. The minimum absolute atomic E-state index is 0.128. The van der Waals surface area contributed by atoms with E-state index in [1.807, 2.05) is 12.3 Å². The molecule has 1 unspecified atom stereocenters. The zero-order valence-corrected chi connectivity index (χ0v) is 11.0. The van der Waals surface area contributed by atoms with Crippen LogP contribution in [-0.2, 0) is 4.79 Å². The minimum Gasteiger partial charge on any atom is -0.329 e. The Labute approximate surface area is 109 Å². The van der Waals surface area contributed by atoms with Crippen LogP contribution < -0.4 is 10.6 Å². The van der Waals surface area contributed by atoms with Crippen molar-refractivity contribution in [3.63, 3.8) is 0 Å². The highest BCUT2D eigenvalue weighted by molar-refractivity contribution is 7.09. The van der Waals surface area contributed by atoms with Gasteiger partial charge in [0.25, 0.3) is 0 Å². The van der Waals surface area contributed by atoms with Gasteiger partial charge in [0.15, 0.2) is 0 Å². The Hall–Kier alpha value is -1.14. The number of amides is 3. The largest absolute Gasteiger partial charge is 0.329 e. The monoisotopic (exact) mass is 275 g/mol. The van der Waals surface area contributed by atoms with Crippen LogP contribution in [0, 0.1) is 0 Å². The molecule has 94 valence electrons. The number of nitrogens with one attached hydrogen (secondary N) is 2. The average molecular weight is 276 g/mol. The van der Waals surface area contributed by atoms with Crippen molar-refractivity contribution >= 4 is 34.9 Å². The van der Waals surface area contributed by atoms with E-state index in [9.17, 15) is 9.59 Å². The summed E-state index contributed by atoms with van der Waals surface area (Å²) in [5, 5.41) is 7.57. The van der Waals surface area contributed by atoms with Crippen LogP contribution in [0.25, 0.3) is 0 Å². The molecule has 0 bridgehead atoms. The molecule has 0 aromatic carbocycles. The molecule has 7 heteroatoms. The summed E-state index contributed by atoms with van der Waals surface area (Å²) in [7, 11) is 0. The maximum atomic E-state index is 11.5. The smallest absolute Gasteiger partial charge is 0.321 e. The predicted octanol–water partition coefficient (Wildman–Crippen LogP) is 2.05. The number of hydrogen-bond acceptors (Lipinski definition) is 4. The number of halogens is 1. The van der Waals surface area contributed by atoms with Gasteiger partial charge < -0.3 is 5.32 Å². The fourth-order valence-corrected chi connectivity index (χ4v) is 2.16. The van der Waals surface area contributed by atoms with Gasteiger partial charge >= 0.3 is 6.03 Å². The number of aromatic nitrogens is 1. The molecule has 0 aliphatic rings.